The van der Waals surface area contributed by atoms with Crippen molar-refractivity contribution in [1.29, 1.82) is 0 Å². The first-order valence-corrected chi connectivity index (χ1v) is 7.04. The zero-order valence-corrected chi connectivity index (χ0v) is 11.0. The molecule has 1 aromatic rings. The third kappa shape index (κ3) is 1.54. The normalized spacial score (nSPS) is 34.2. The third-order valence-electron chi connectivity index (χ3n) is 4.50. The van der Waals surface area contributed by atoms with Crippen molar-refractivity contribution in [2.75, 3.05) is 0 Å². The van der Waals surface area contributed by atoms with E-state index in [0.717, 1.165) is 5.92 Å². The van der Waals surface area contributed by atoms with Crippen LogP contribution in [0.3, 0.4) is 0 Å². The summed E-state index contributed by atoms with van der Waals surface area (Å²) in [6.45, 7) is 0. The summed E-state index contributed by atoms with van der Waals surface area (Å²) < 4.78 is 1.18. The van der Waals surface area contributed by atoms with Crippen molar-refractivity contribution in [3.63, 3.8) is 0 Å². The Kier molecular flexibility index (Phi) is 2.60. The SMILES string of the molecule is N[C@@H]1CC1(c1cccc(Br)c1)C1CCCC1. The molecule has 86 valence electrons. The molecular weight excluding hydrogens is 262 g/mol. The van der Waals surface area contributed by atoms with E-state index in [4.69, 9.17) is 5.73 Å². The molecular formula is C14H18BrN. The highest BCUT2D eigenvalue weighted by Crippen LogP contribution is 2.57. The molecule has 0 aromatic heterocycles. The van der Waals surface area contributed by atoms with Gasteiger partial charge in [-0.15, -0.1) is 0 Å². The maximum atomic E-state index is 6.25. The first kappa shape index (κ1) is 10.8. The average Bonchev–Trinajstić information content (AvgIpc) is 2.75. The van der Waals surface area contributed by atoms with Crippen molar-refractivity contribution in [2.45, 2.75) is 43.6 Å². The van der Waals surface area contributed by atoms with Crippen LogP contribution in [0.4, 0.5) is 0 Å². The number of nitrogens with two attached hydrogens (primary N) is 1. The van der Waals surface area contributed by atoms with Gasteiger partial charge in [-0.25, -0.2) is 0 Å². The average molecular weight is 280 g/mol. The Morgan fingerprint density at radius 3 is 2.50 bits per heavy atom. The van der Waals surface area contributed by atoms with Crippen LogP contribution in [0.15, 0.2) is 28.7 Å². The Morgan fingerprint density at radius 2 is 1.94 bits per heavy atom. The predicted molar refractivity (Wildman–Crippen MR) is 70.4 cm³/mol. The quantitative estimate of drug-likeness (QED) is 0.880. The van der Waals surface area contributed by atoms with Crippen LogP contribution in [-0.2, 0) is 5.41 Å². The van der Waals surface area contributed by atoms with Gasteiger partial charge in [-0.2, -0.15) is 0 Å². The minimum Gasteiger partial charge on any atom is -0.327 e. The van der Waals surface area contributed by atoms with Crippen molar-refractivity contribution in [3.8, 4) is 0 Å². The molecule has 16 heavy (non-hydrogen) atoms. The molecule has 2 atom stereocenters. The van der Waals surface area contributed by atoms with Gasteiger partial charge in [-0.1, -0.05) is 40.9 Å². The summed E-state index contributed by atoms with van der Waals surface area (Å²) in [6, 6.07) is 9.16. The van der Waals surface area contributed by atoms with E-state index in [-0.39, 0.29) is 0 Å². The second-order valence-corrected chi connectivity index (χ2v) is 6.26. The molecule has 2 N–H and O–H groups in total. The monoisotopic (exact) mass is 279 g/mol. The van der Waals surface area contributed by atoms with Crippen LogP contribution in [0.2, 0.25) is 0 Å². The summed E-state index contributed by atoms with van der Waals surface area (Å²) >= 11 is 3.57. The number of rotatable bonds is 2. The molecule has 0 heterocycles. The largest absolute Gasteiger partial charge is 0.327 e. The Hall–Kier alpha value is -0.340. The van der Waals surface area contributed by atoms with Crippen LogP contribution in [-0.4, -0.2) is 6.04 Å². The molecule has 1 unspecified atom stereocenters. The van der Waals surface area contributed by atoms with Gasteiger partial charge in [-0.05, 0) is 42.9 Å². The molecule has 1 aromatic carbocycles. The van der Waals surface area contributed by atoms with E-state index in [1.807, 2.05) is 0 Å². The molecule has 0 amide bonds. The maximum absolute atomic E-state index is 6.25. The lowest BCUT2D eigenvalue weighted by Crippen LogP contribution is -2.26. The van der Waals surface area contributed by atoms with Gasteiger partial charge in [-0.3, -0.25) is 0 Å². The fraction of sp³-hybridized carbons (Fsp3) is 0.571. The molecule has 0 bridgehead atoms. The molecule has 2 heteroatoms. The minimum atomic E-state index is 0.320. The van der Waals surface area contributed by atoms with Crippen molar-refractivity contribution < 1.29 is 0 Å². The van der Waals surface area contributed by atoms with Crippen molar-refractivity contribution in [2.24, 2.45) is 11.7 Å². The molecule has 2 aliphatic carbocycles. The molecule has 2 aliphatic rings. The van der Waals surface area contributed by atoms with Gasteiger partial charge in [0.2, 0.25) is 0 Å². The van der Waals surface area contributed by atoms with Crippen molar-refractivity contribution in [1.82, 2.24) is 0 Å². The minimum absolute atomic E-state index is 0.320. The molecule has 0 saturated heterocycles. The first-order chi connectivity index (χ1) is 7.73. The summed E-state index contributed by atoms with van der Waals surface area (Å²) in [6.07, 6.45) is 6.73. The standard InChI is InChI=1S/C14H18BrN/c15-12-7-3-6-11(8-12)14(9-13(14)16)10-4-1-2-5-10/h3,6-8,10,13H,1-2,4-5,9,16H2/t13-,14?/m1/s1. The third-order valence-corrected chi connectivity index (χ3v) is 5.00. The number of halogens is 1. The zero-order valence-electron chi connectivity index (χ0n) is 9.45. The van der Waals surface area contributed by atoms with Crippen molar-refractivity contribution >= 4 is 15.9 Å². The summed E-state index contributed by atoms with van der Waals surface area (Å²) in [5.74, 6) is 0.830. The zero-order chi connectivity index (χ0) is 11.2. The topological polar surface area (TPSA) is 26.0 Å². The van der Waals surface area contributed by atoms with E-state index in [1.54, 1.807) is 0 Å². The molecule has 2 fully saturated rings. The van der Waals surface area contributed by atoms with Crippen LogP contribution >= 0.6 is 15.9 Å². The molecule has 2 saturated carbocycles. The summed E-state index contributed by atoms with van der Waals surface area (Å²) in [5.41, 5.74) is 8.03. The lowest BCUT2D eigenvalue weighted by atomic mass is 9.81. The van der Waals surface area contributed by atoms with Crippen LogP contribution in [0.1, 0.15) is 37.7 Å². The van der Waals surface area contributed by atoms with E-state index >= 15 is 0 Å². The fourth-order valence-corrected chi connectivity index (χ4v) is 3.96. The number of hydrogen-bond donors (Lipinski definition) is 1. The van der Waals surface area contributed by atoms with E-state index in [2.05, 4.69) is 40.2 Å². The second-order valence-electron chi connectivity index (χ2n) is 5.34. The second kappa shape index (κ2) is 3.85. The maximum Gasteiger partial charge on any atom is 0.0178 e. The van der Waals surface area contributed by atoms with Crippen LogP contribution in [0.25, 0.3) is 0 Å². The Balaban J connectivity index is 1.96. The highest BCUT2D eigenvalue weighted by molar-refractivity contribution is 9.10. The van der Waals surface area contributed by atoms with Crippen LogP contribution in [0, 0.1) is 5.92 Å². The Labute approximate surface area is 106 Å². The molecule has 0 spiro atoms. The predicted octanol–water partition coefficient (Wildman–Crippen LogP) is 3.61. The molecule has 1 nitrogen and oxygen atoms in total. The fourth-order valence-electron chi connectivity index (χ4n) is 3.56. The van der Waals surface area contributed by atoms with Gasteiger partial charge in [0, 0.05) is 15.9 Å². The van der Waals surface area contributed by atoms with Gasteiger partial charge >= 0.3 is 0 Å². The first-order valence-electron chi connectivity index (χ1n) is 6.25. The summed E-state index contributed by atoms with van der Waals surface area (Å²) in [7, 11) is 0. The lowest BCUT2D eigenvalue weighted by molar-refractivity contribution is 0.404. The van der Waals surface area contributed by atoms with Crippen molar-refractivity contribution in [3.05, 3.63) is 34.3 Å². The van der Waals surface area contributed by atoms with E-state index in [9.17, 15) is 0 Å². The Morgan fingerprint density at radius 1 is 1.25 bits per heavy atom. The Bertz CT molecular complexity index is 397. The lowest BCUT2D eigenvalue weighted by Gasteiger charge is -2.24. The number of benzene rings is 1. The van der Waals surface area contributed by atoms with Gasteiger partial charge in [0.1, 0.15) is 0 Å². The molecule has 3 rings (SSSR count). The van der Waals surface area contributed by atoms with Gasteiger partial charge in [0.25, 0.3) is 0 Å². The van der Waals surface area contributed by atoms with Gasteiger partial charge in [0.15, 0.2) is 0 Å². The molecule has 0 aliphatic heterocycles. The molecule has 0 radical (unpaired) electrons. The highest BCUT2D eigenvalue weighted by Gasteiger charge is 2.58. The summed E-state index contributed by atoms with van der Waals surface area (Å²) in [5, 5.41) is 0. The van der Waals surface area contributed by atoms with Gasteiger partial charge in [0.05, 0.1) is 0 Å². The van der Waals surface area contributed by atoms with E-state index < -0.39 is 0 Å². The highest BCUT2D eigenvalue weighted by atomic mass is 79.9. The van der Waals surface area contributed by atoms with Crippen LogP contribution in [0.5, 0.6) is 0 Å². The number of hydrogen-bond acceptors (Lipinski definition) is 1. The summed E-state index contributed by atoms with van der Waals surface area (Å²) in [4.78, 5) is 0. The van der Waals surface area contributed by atoms with E-state index in [1.165, 1.54) is 42.1 Å². The smallest absolute Gasteiger partial charge is 0.0178 e. The van der Waals surface area contributed by atoms with E-state index in [0.29, 0.717) is 11.5 Å². The van der Waals surface area contributed by atoms with Crippen LogP contribution < -0.4 is 5.73 Å². The van der Waals surface area contributed by atoms with Gasteiger partial charge < -0.3 is 5.73 Å².